The van der Waals surface area contributed by atoms with E-state index in [9.17, 15) is 0 Å². The molecule has 0 fully saturated rings. The van der Waals surface area contributed by atoms with Crippen molar-refractivity contribution in [2.45, 2.75) is 20.3 Å². The third-order valence-electron chi connectivity index (χ3n) is 2.94. The van der Waals surface area contributed by atoms with E-state index < -0.39 is 0 Å². The van der Waals surface area contributed by atoms with Gasteiger partial charge in [0, 0.05) is 10.6 Å². The fourth-order valence-electron chi connectivity index (χ4n) is 1.85. The number of hydrazine groups is 1. The summed E-state index contributed by atoms with van der Waals surface area (Å²) in [6.45, 7) is 3.89. The highest BCUT2D eigenvalue weighted by Crippen LogP contribution is 2.32. The zero-order valence-corrected chi connectivity index (χ0v) is 12.7. The number of hydrogen-bond acceptors (Lipinski definition) is 5. The zero-order chi connectivity index (χ0) is 14.7. The van der Waals surface area contributed by atoms with E-state index in [0.717, 1.165) is 17.5 Å². The molecule has 0 saturated heterocycles. The van der Waals surface area contributed by atoms with Crippen LogP contribution in [-0.4, -0.2) is 9.97 Å². The second-order valence-corrected chi connectivity index (χ2v) is 5.07. The topological polar surface area (TPSA) is 75.9 Å². The molecular weight excluding hydrogens is 297 g/mol. The van der Waals surface area contributed by atoms with Crippen LogP contribution in [0.1, 0.15) is 18.1 Å². The maximum absolute atomic E-state index is 6.22. The number of nitrogens with two attached hydrogens (primary N) is 1. The van der Waals surface area contributed by atoms with Gasteiger partial charge >= 0.3 is 0 Å². The molecule has 106 valence electrons. The third kappa shape index (κ3) is 2.95. The Hall–Kier alpha value is -1.56. The summed E-state index contributed by atoms with van der Waals surface area (Å²) in [4.78, 5) is 8.31. The summed E-state index contributed by atoms with van der Waals surface area (Å²) >= 11 is 12.3. The van der Waals surface area contributed by atoms with Gasteiger partial charge in [-0.3, -0.25) is 0 Å². The average molecular weight is 312 g/mol. The summed E-state index contributed by atoms with van der Waals surface area (Å²) in [7, 11) is 0. The summed E-state index contributed by atoms with van der Waals surface area (Å²) in [5, 5.41) is 4.39. The summed E-state index contributed by atoms with van der Waals surface area (Å²) in [6, 6.07) is 3.58. The van der Waals surface area contributed by atoms with Crippen molar-refractivity contribution >= 4 is 40.5 Å². The third-order valence-corrected chi connectivity index (χ3v) is 3.66. The van der Waals surface area contributed by atoms with Gasteiger partial charge in [0.15, 0.2) is 0 Å². The van der Waals surface area contributed by atoms with E-state index in [2.05, 4.69) is 20.7 Å². The molecule has 1 aromatic carbocycles. The van der Waals surface area contributed by atoms with Crippen molar-refractivity contribution in [1.29, 1.82) is 0 Å². The molecule has 4 N–H and O–H groups in total. The molecule has 2 rings (SSSR count). The number of nitrogens with zero attached hydrogens (tertiary/aromatic N) is 2. The molecule has 0 unspecified atom stereocenters. The van der Waals surface area contributed by atoms with Crippen molar-refractivity contribution in [3.63, 3.8) is 0 Å². The predicted molar refractivity (Wildman–Crippen MR) is 83.7 cm³/mol. The lowest BCUT2D eigenvalue weighted by Crippen LogP contribution is -2.13. The molecule has 0 aliphatic carbocycles. The Morgan fingerprint density at radius 2 is 1.85 bits per heavy atom. The van der Waals surface area contributed by atoms with Crippen LogP contribution < -0.4 is 16.6 Å². The predicted octanol–water partition coefficient (Wildman–Crippen LogP) is 3.68. The number of nitrogens with one attached hydrogen (secondary N) is 2. The maximum Gasteiger partial charge on any atom is 0.148 e. The van der Waals surface area contributed by atoms with Gasteiger partial charge in [-0.15, -0.1) is 0 Å². The summed E-state index contributed by atoms with van der Waals surface area (Å²) < 4.78 is 0. The minimum Gasteiger partial charge on any atom is -0.339 e. The Bertz CT molecular complexity index is 630. The number of aromatic nitrogens is 2. The monoisotopic (exact) mass is 311 g/mol. The van der Waals surface area contributed by atoms with E-state index in [1.54, 1.807) is 12.1 Å². The van der Waals surface area contributed by atoms with Crippen molar-refractivity contribution in [2.75, 3.05) is 10.7 Å². The fourth-order valence-corrected chi connectivity index (χ4v) is 2.28. The molecule has 0 aliphatic heterocycles. The van der Waals surface area contributed by atoms with E-state index >= 15 is 0 Å². The molecule has 0 amide bonds. The highest BCUT2D eigenvalue weighted by molar-refractivity contribution is 6.35. The van der Waals surface area contributed by atoms with Crippen LogP contribution in [0.15, 0.2) is 18.5 Å². The number of hydrogen-bond donors (Lipinski definition) is 3. The standard InChI is InChI=1S/C13H15Cl2N5/c1-3-8-12(17-6-18-13(8)20-16)19-11-5-9(14)7(2)4-10(11)15/h4-6H,3,16H2,1-2H3,(H2,17,18,19,20). The first-order valence-corrected chi connectivity index (χ1v) is 6.85. The first kappa shape index (κ1) is 14.8. The first-order valence-electron chi connectivity index (χ1n) is 6.10. The molecular formula is C13H15Cl2N5. The van der Waals surface area contributed by atoms with E-state index in [-0.39, 0.29) is 0 Å². The molecule has 0 atom stereocenters. The van der Waals surface area contributed by atoms with Gasteiger partial charge in [-0.1, -0.05) is 30.1 Å². The largest absolute Gasteiger partial charge is 0.339 e. The summed E-state index contributed by atoms with van der Waals surface area (Å²) in [5.74, 6) is 6.68. The van der Waals surface area contributed by atoms with Crippen molar-refractivity contribution in [3.8, 4) is 0 Å². The van der Waals surface area contributed by atoms with Gasteiger partial charge in [0.2, 0.25) is 0 Å². The SMILES string of the molecule is CCc1c(NN)ncnc1Nc1cc(Cl)c(C)cc1Cl. The molecule has 7 heteroatoms. The Morgan fingerprint density at radius 1 is 1.15 bits per heavy atom. The van der Waals surface area contributed by atoms with Crippen LogP contribution in [0.4, 0.5) is 17.3 Å². The lowest BCUT2D eigenvalue weighted by atomic mass is 10.2. The Labute approximate surface area is 127 Å². The highest BCUT2D eigenvalue weighted by atomic mass is 35.5. The van der Waals surface area contributed by atoms with Crippen molar-refractivity contribution in [2.24, 2.45) is 5.84 Å². The normalized spacial score (nSPS) is 10.4. The van der Waals surface area contributed by atoms with Crippen molar-refractivity contribution < 1.29 is 0 Å². The second kappa shape index (κ2) is 6.26. The molecule has 0 bridgehead atoms. The molecule has 0 aliphatic rings. The second-order valence-electron chi connectivity index (χ2n) is 4.25. The molecule has 20 heavy (non-hydrogen) atoms. The Morgan fingerprint density at radius 3 is 2.50 bits per heavy atom. The van der Waals surface area contributed by atoms with Crippen LogP contribution in [0.25, 0.3) is 0 Å². The van der Waals surface area contributed by atoms with E-state index in [4.69, 9.17) is 29.0 Å². The van der Waals surface area contributed by atoms with E-state index in [1.807, 2.05) is 13.8 Å². The van der Waals surface area contributed by atoms with Gasteiger partial charge in [0.25, 0.3) is 0 Å². The van der Waals surface area contributed by atoms with Crippen molar-refractivity contribution in [3.05, 3.63) is 39.6 Å². The van der Waals surface area contributed by atoms with Gasteiger partial charge in [-0.05, 0) is 31.0 Å². The fraction of sp³-hybridized carbons (Fsp3) is 0.231. The van der Waals surface area contributed by atoms with Crippen LogP contribution in [0.5, 0.6) is 0 Å². The number of nitrogen functional groups attached to an aromatic ring is 1. The van der Waals surface area contributed by atoms with Crippen LogP contribution in [0, 0.1) is 6.92 Å². The van der Waals surface area contributed by atoms with Gasteiger partial charge in [-0.25, -0.2) is 15.8 Å². The molecule has 0 radical (unpaired) electrons. The minimum atomic E-state index is 0.579. The quantitative estimate of drug-likeness (QED) is 0.593. The van der Waals surface area contributed by atoms with Crippen LogP contribution >= 0.6 is 23.2 Å². The van der Waals surface area contributed by atoms with Crippen LogP contribution in [0.2, 0.25) is 10.0 Å². The molecule has 0 saturated carbocycles. The average Bonchev–Trinajstić information content (AvgIpc) is 2.44. The number of anilines is 3. The van der Waals surface area contributed by atoms with Gasteiger partial charge in [0.1, 0.15) is 18.0 Å². The Balaban J connectivity index is 2.42. The van der Waals surface area contributed by atoms with Gasteiger partial charge in [-0.2, -0.15) is 0 Å². The molecule has 0 spiro atoms. The number of halogens is 2. The zero-order valence-electron chi connectivity index (χ0n) is 11.2. The van der Waals surface area contributed by atoms with Crippen LogP contribution in [0.3, 0.4) is 0 Å². The van der Waals surface area contributed by atoms with E-state index in [0.29, 0.717) is 27.4 Å². The summed E-state index contributed by atoms with van der Waals surface area (Å²) in [5.41, 5.74) is 5.05. The number of aryl methyl sites for hydroxylation is 1. The van der Waals surface area contributed by atoms with Gasteiger partial charge in [0.05, 0.1) is 10.7 Å². The highest BCUT2D eigenvalue weighted by Gasteiger charge is 2.11. The first-order chi connectivity index (χ1) is 9.56. The summed E-state index contributed by atoms with van der Waals surface area (Å²) in [6.07, 6.45) is 2.15. The van der Waals surface area contributed by atoms with Crippen molar-refractivity contribution in [1.82, 2.24) is 9.97 Å². The maximum atomic E-state index is 6.22. The Kier molecular flexibility index (Phi) is 4.65. The molecule has 5 nitrogen and oxygen atoms in total. The molecule has 1 heterocycles. The minimum absolute atomic E-state index is 0.579. The smallest absolute Gasteiger partial charge is 0.148 e. The molecule has 1 aromatic heterocycles. The lowest BCUT2D eigenvalue weighted by molar-refractivity contribution is 1.04. The number of rotatable bonds is 4. The van der Waals surface area contributed by atoms with Crippen LogP contribution in [-0.2, 0) is 6.42 Å². The molecule has 2 aromatic rings. The number of benzene rings is 1. The lowest BCUT2D eigenvalue weighted by Gasteiger charge is -2.14. The van der Waals surface area contributed by atoms with Gasteiger partial charge < -0.3 is 10.7 Å². The van der Waals surface area contributed by atoms with E-state index in [1.165, 1.54) is 6.33 Å².